The van der Waals surface area contributed by atoms with Crippen LogP contribution in [0.1, 0.15) is 133 Å². The molecule has 5 rings (SSSR count). The Morgan fingerprint density at radius 2 is 0.716 bits per heavy atom. The summed E-state index contributed by atoms with van der Waals surface area (Å²) in [6, 6.07) is -2.81. The van der Waals surface area contributed by atoms with Crippen LogP contribution < -0.4 is 10.9 Å². The summed E-state index contributed by atoms with van der Waals surface area (Å²) in [5.41, 5.74) is 1.49. The van der Waals surface area contributed by atoms with Crippen LogP contribution in [0.15, 0.2) is 4.42 Å². The van der Waals surface area contributed by atoms with Crippen molar-refractivity contribution in [1.82, 2.24) is 40.6 Å². The number of amides is 6. The summed E-state index contributed by atoms with van der Waals surface area (Å²) in [5, 5.41) is 8.31. The van der Waals surface area contributed by atoms with Crippen molar-refractivity contribution in [3.8, 4) is 0 Å². The smallest absolute Gasteiger partial charge is 0.291 e. The molecular formula is C44H66N8O11S4. The molecule has 0 radical (unpaired) electrons. The second kappa shape index (κ2) is 22.6. The van der Waals surface area contributed by atoms with E-state index >= 15 is 0 Å². The molecule has 0 aromatic carbocycles. The van der Waals surface area contributed by atoms with Gasteiger partial charge in [-0.15, -0.1) is 57.2 Å². The van der Waals surface area contributed by atoms with Gasteiger partial charge >= 0.3 is 0 Å². The Morgan fingerprint density at radius 1 is 0.463 bits per heavy atom. The quantitative estimate of drug-likeness (QED) is 0.174. The van der Waals surface area contributed by atoms with Gasteiger partial charge in [0.2, 0.25) is 34.9 Å². The van der Waals surface area contributed by atoms with Gasteiger partial charge in [-0.05, 0) is 25.7 Å². The normalized spacial score (nSPS) is 21.1. The SMILES string of the molecule is CCC(C)(C)C(=O)C(=O)N1CSCC1C(=O)NNC(=O)[C@@H]1CSCN1C(=O)C(=O)C(C)(C)CC.CCC(C)(C)C(=O)C(=O)N1CSCC1c1nnc([C@@H]2CSCN2C(=O)C(=O)C(C)(C)CC)o1. The summed E-state index contributed by atoms with van der Waals surface area (Å²) < 4.78 is 5.94. The summed E-state index contributed by atoms with van der Waals surface area (Å²) in [7, 11) is 0. The second-order valence-electron chi connectivity index (χ2n) is 19.4. The minimum absolute atomic E-state index is 0.202. The molecule has 0 spiro atoms. The Balaban J connectivity index is 0.000000293. The van der Waals surface area contributed by atoms with Gasteiger partial charge in [0.05, 0.1) is 23.5 Å². The highest BCUT2D eigenvalue weighted by molar-refractivity contribution is 8.00. The van der Waals surface area contributed by atoms with Gasteiger partial charge in [0.15, 0.2) is 0 Å². The number of hydrogen-bond donors (Lipinski definition) is 2. The molecule has 4 aliphatic rings. The molecule has 19 nitrogen and oxygen atoms in total. The van der Waals surface area contributed by atoms with Gasteiger partial charge in [0.1, 0.15) is 24.2 Å². The molecule has 1 aromatic rings. The minimum Gasteiger partial charge on any atom is -0.421 e. The molecule has 4 aliphatic heterocycles. The lowest BCUT2D eigenvalue weighted by Gasteiger charge is -2.28. The zero-order valence-corrected chi connectivity index (χ0v) is 43.9. The molecule has 6 amide bonds. The van der Waals surface area contributed by atoms with Gasteiger partial charge in [0.25, 0.3) is 35.4 Å². The molecule has 5 heterocycles. The van der Waals surface area contributed by atoms with Crippen LogP contribution in [-0.2, 0) is 47.9 Å². The summed E-state index contributed by atoms with van der Waals surface area (Å²) in [6.07, 6.45) is 2.09. The number of nitrogens with one attached hydrogen (secondary N) is 2. The Labute approximate surface area is 409 Å². The number of carbonyl (C=O) groups is 10. The third-order valence-corrected chi connectivity index (χ3v) is 17.3. The summed E-state index contributed by atoms with van der Waals surface area (Å²) >= 11 is 5.71. The number of nitrogens with zero attached hydrogens (tertiary/aromatic N) is 6. The Bertz CT molecular complexity index is 1970. The number of ketones is 4. The van der Waals surface area contributed by atoms with Crippen LogP contribution in [0.5, 0.6) is 0 Å². The van der Waals surface area contributed by atoms with Crippen molar-refractivity contribution in [3.63, 3.8) is 0 Å². The average molecular weight is 1010 g/mol. The lowest BCUT2D eigenvalue weighted by molar-refractivity contribution is -0.152. The van der Waals surface area contributed by atoms with Gasteiger partial charge < -0.3 is 24.0 Å². The van der Waals surface area contributed by atoms with E-state index in [1.807, 2.05) is 27.7 Å². The molecule has 0 bridgehead atoms. The van der Waals surface area contributed by atoms with E-state index in [2.05, 4.69) is 21.0 Å². The predicted molar refractivity (Wildman–Crippen MR) is 257 cm³/mol. The second-order valence-corrected chi connectivity index (χ2v) is 23.4. The Hall–Kier alpha value is -3.96. The van der Waals surface area contributed by atoms with Crippen LogP contribution in [-0.4, -0.2) is 147 Å². The van der Waals surface area contributed by atoms with Crippen LogP contribution in [0, 0.1) is 21.7 Å². The van der Waals surface area contributed by atoms with Gasteiger partial charge in [-0.1, -0.05) is 83.1 Å². The van der Waals surface area contributed by atoms with Crippen molar-refractivity contribution in [2.45, 2.75) is 133 Å². The Morgan fingerprint density at radius 3 is 1.00 bits per heavy atom. The lowest BCUT2D eigenvalue weighted by Crippen LogP contribution is -2.58. The maximum absolute atomic E-state index is 12.9. The number of hydrazine groups is 1. The number of hydrogen-bond acceptors (Lipinski definition) is 17. The molecule has 0 aliphatic carbocycles. The minimum atomic E-state index is -0.906. The van der Waals surface area contributed by atoms with Gasteiger partial charge in [-0.2, -0.15) is 0 Å². The van der Waals surface area contributed by atoms with Crippen LogP contribution in [0.2, 0.25) is 0 Å². The first-order valence-corrected chi connectivity index (χ1v) is 27.0. The highest BCUT2D eigenvalue weighted by Crippen LogP contribution is 2.39. The first-order valence-electron chi connectivity index (χ1n) is 22.4. The molecule has 372 valence electrons. The molecule has 2 N–H and O–H groups in total. The monoisotopic (exact) mass is 1010 g/mol. The summed E-state index contributed by atoms with van der Waals surface area (Å²) in [4.78, 5) is 133. The average Bonchev–Trinajstić information content (AvgIpc) is 4.17. The highest BCUT2D eigenvalue weighted by Gasteiger charge is 2.46. The van der Waals surface area contributed by atoms with E-state index in [-0.39, 0.29) is 35.0 Å². The van der Waals surface area contributed by atoms with Crippen molar-refractivity contribution >= 4 is 106 Å². The molecule has 1 aromatic heterocycles. The number of carbonyl (C=O) groups excluding carboxylic acids is 10. The van der Waals surface area contributed by atoms with Crippen molar-refractivity contribution in [3.05, 3.63) is 11.8 Å². The highest BCUT2D eigenvalue weighted by atomic mass is 32.2. The lowest BCUT2D eigenvalue weighted by atomic mass is 9.84. The van der Waals surface area contributed by atoms with E-state index in [1.54, 1.807) is 55.4 Å². The van der Waals surface area contributed by atoms with Crippen molar-refractivity contribution in [1.29, 1.82) is 0 Å². The molecule has 2 unspecified atom stereocenters. The third-order valence-electron chi connectivity index (χ3n) is 13.3. The molecule has 67 heavy (non-hydrogen) atoms. The van der Waals surface area contributed by atoms with Crippen LogP contribution in [0.3, 0.4) is 0 Å². The number of aromatic nitrogens is 2. The zero-order chi connectivity index (χ0) is 50.4. The van der Waals surface area contributed by atoms with Gasteiger partial charge in [0, 0.05) is 44.7 Å². The van der Waals surface area contributed by atoms with E-state index in [0.29, 0.717) is 48.9 Å². The number of thioether (sulfide) groups is 4. The zero-order valence-electron chi connectivity index (χ0n) is 40.6. The van der Waals surface area contributed by atoms with E-state index in [0.717, 1.165) is 0 Å². The van der Waals surface area contributed by atoms with E-state index < -0.39 is 104 Å². The van der Waals surface area contributed by atoms with Gasteiger partial charge in [-0.3, -0.25) is 58.8 Å². The fourth-order valence-corrected chi connectivity index (χ4v) is 11.1. The fraction of sp³-hybridized carbons (Fsp3) is 0.727. The maximum Gasteiger partial charge on any atom is 0.291 e. The molecule has 23 heteroatoms. The van der Waals surface area contributed by atoms with Crippen LogP contribution in [0.4, 0.5) is 0 Å². The molecule has 0 saturated carbocycles. The van der Waals surface area contributed by atoms with E-state index in [1.165, 1.54) is 66.6 Å². The topological polar surface area (TPSA) is 247 Å². The third kappa shape index (κ3) is 12.4. The summed E-state index contributed by atoms with van der Waals surface area (Å²) in [5.74, 6) is -2.46. The molecule has 4 fully saturated rings. The molecule has 4 saturated heterocycles. The van der Waals surface area contributed by atoms with Crippen LogP contribution >= 0.6 is 47.0 Å². The number of rotatable bonds is 16. The largest absolute Gasteiger partial charge is 0.421 e. The predicted octanol–water partition coefficient (Wildman–Crippen LogP) is 4.18. The fourth-order valence-electron chi connectivity index (χ4n) is 6.54. The van der Waals surface area contributed by atoms with E-state index in [4.69, 9.17) is 4.42 Å². The van der Waals surface area contributed by atoms with Crippen molar-refractivity contribution < 1.29 is 52.4 Å². The Kier molecular flexibility index (Phi) is 18.8. The first kappa shape index (κ1) is 55.6. The maximum atomic E-state index is 12.9. The van der Waals surface area contributed by atoms with Crippen LogP contribution in [0.25, 0.3) is 0 Å². The van der Waals surface area contributed by atoms with Crippen molar-refractivity contribution in [2.24, 2.45) is 21.7 Å². The molecule has 4 atom stereocenters. The summed E-state index contributed by atoms with van der Waals surface area (Å²) in [6.45, 7) is 21.2. The van der Waals surface area contributed by atoms with E-state index in [9.17, 15) is 47.9 Å². The van der Waals surface area contributed by atoms with Gasteiger partial charge in [-0.25, -0.2) is 0 Å². The number of Topliss-reactive ketones (excluding diaryl/α,β-unsaturated/α-hetero) is 4. The van der Waals surface area contributed by atoms with Crippen molar-refractivity contribution in [2.75, 3.05) is 46.5 Å². The standard InChI is InChI=1S/C22H34N4O6S2.C22H32N4O5S2/c1-7-21(3,4)15(27)19(31)25-11-33-9-13(25)17(29)23-24-18(30)14-10-34-12-26(14)20(32)16(28)22(5,6)8-2;1-7-21(3,4)15(27)19(29)25-11-32-9-13(25)17-23-24-18(31-17)14-10-33-12-26(14)20(30)16(28)22(5,6)8-2/h13-14H,7-12H2,1-6H3,(H,23,29)(H,24,30);13-14H,7-12H2,1-6H3/t2*13-,14?/m00/s1. The first-order chi connectivity index (χ1) is 31.2. The molecular weight excluding hydrogens is 945 g/mol.